The summed E-state index contributed by atoms with van der Waals surface area (Å²) in [7, 11) is -0.695. The van der Waals surface area contributed by atoms with Crippen molar-refractivity contribution in [3.05, 3.63) is 111 Å². The number of aliphatic hydroxyl groups is 1. The molecule has 1 amide bonds. The monoisotopic (exact) mass is 903 g/mol. The van der Waals surface area contributed by atoms with E-state index in [2.05, 4.69) is 37.1 Å². The maximum atomic E-state index is 15.7. The van der Waals surface area contributed by atoms with Crippen LogP contribution >= 0.6 is 11.6 Å². The molecule has 8 rings (SSSR count). The molecule has 0 radical (unpaired) electrons. The predicted octanol–water partition coefficient (Wildman–Crippen LogP) is 6.67. The first kappa shape index (κ1) is 42.7. The molecule has 1 fully saturated rings. The van der Waals surface area contributed by atoms with Gasteiger partial charge in [0.2, 0.25) is 15.9 Å². The van der Waals surface area contributed by atoms with Gasteiger partial charge in [-0.15, -0.1) is 0 Å². The zero-order valence-electron chi connectivity index (χ0n) is 32.6. The summed E-state index contributed by atoms with van der Waals surface area (Å²) in [6.07, 6.45) is -2.96. The average molecular weight is 904 g/mol. The summed E-state index contributed by atoms with van der Waals surface area (Å²) in [6, 6.07) is 7.07. The van der Waals surface area contributed by atoms with Crippen LogP contribution in [-0.2, 0) is 54.0 Å². The summed E-state index contributed by atoms with van der Waals surface area (Å²) in [5.74, 6) is -4.03. The smallest absolute Gasteiger partial charge is 0.374 e. The fraction of sp³-hybridized carbons (Fsp3) is 0.325. The van der Waals surface area contributed by atoms with Crippen LogP contribution in [0.25, 0.3) is 22.0 Å². The molecule has 4 atom stereocenters. The van der Waals surface area contributed by atoms with E-state index in [1.807, 2.05) is 0 Å². The SMILES string of the molecule is Cn1cnc([C@@H](O)C#Cc2ccc(-c3ccc(Cl)c4c(NS(C)(=O)=O)nn(C)c34)c([C@H](Cc3cc(F)cc(F)c3)NC(=O)Cn3nc(C(F)(F)F)c4c3C(F)(F)[C@@H]3CC[C@H]43)n2)c1. The molecule has 2 aliphatic rings. The molecule has 1 saturated carbocycles. The first-order chi connectivity index (χ1) is 29.1. The Labute approximate surface area is 353 Å². The van der Waals surface area contributed by atoms with Gasteiger partial charge in [-0.05, 0) is 67.0 Å². The number of aryl methyl sites for hydroxylation is 2. The largest absolute Gasteiger partial charge is 0.435 e. The molecular formula is C40H33ClF7N9O4S. The summed E-state index contributed by atoms with van der Waals surface area (Å²) < 4.78 is 134. The number of pyridine rings is 1. The van der Waals surface area contributed by atoms with E-state index in [1.54, 1.807) is 11.6 Å². The minimum absolute atomic E-state index is 0.00659. The van der Waals surface area contributed by atoms with Gasteiger partial charge in [-0.3, -0.25) is 18.9 Å². The van der Waals surface area contributed by atoms with Crippen molar-refractivity contribution in [2.75, 3.05) is 11.0 Å². The number of imidazole rings is 1. The Morgan fingerprint density at radius 2 is 1.77 bits per heavy atom. The van der Waals surface area contributed by atoms with Crippen molar-refractivity contribution in [2.45, 2.75) is 56.0 Å². The number of rotatable bonds is 10. The van der Waals surface area contributed by atoms with E-state index < -0.39 is 93.6 Å². The van der Waals surface area contributed by atoms with Crippen molar-refractivity contribution in [2.24, 2.45) is 20.0 Å². The number of nitrogens with one attached hydrogen (secondary N) is 2. The Hall–Kier alpha value is -5.98. The summed E-state index contributed by atoms with van der Waals surface area (Å²) in [5, 5.41) is 21.4. The Balaban J connectivity index is 1.28. The highest BCUT2D eigenvalue weighted by Crippen LogP contribution is 2.64. The maximum absolute atomic E-state index is 15.7. The van der Waals surface area contributed by atoms with Crippen molar-refractivity contribution in [3.63, 3.8) is 0 Å². The lowest BCUT2D eigenvalue weighted by atomic mass is 9.73. The Bertz CT molecular complexity index is 2950. The third kappa shape index (κ3) is 7.97. The molecule has 324 valence electrons. The van der Waals surface area contributed by atoms with Crippen LogP contribution in [0.15, 0.2) is 55.0 Å². The van der Waals surface area contributed by atoms with E-state index in [9.17, 15) is 40.3 Å². The standard InChI is InChI=1S/C40H33ClF7N9O4S/c1-55-16-29(49-18-55)30(58)11-5-22-4-6-23(24-8-10-27(41)33-35(24)56(2)53-38(33)54-62(3,60)61)34(50-22)28(14-19-12-20(42)15-21(43)13-19)51-31(59)17-57-37-32(36(52-57)40(46,47)48)25-7-9-26(25)39(37,44)45/h4,6,8,10,12-13,15-16,18,25-26,28,30,58H,7,9,14,17H2,1-3H3,(H,51,59)(H,53,54)/t25-,26+,28-,30-/m0/s1. The van der Waals surface area contributed by atoms with Crippen molar-refractivity contribution in [3.8, 4) is 23.0 Å². The van der Waals surface area contributed by atoms with Crippen LogP contribution in [0.2, 0.25) is 5.02 Å². The normalized spacial score (nSPS) is 17.7. The number of hydrogen-bond donors (Lipinski definition) is 3. The molecule has 2 aliphatic carbocycles. The number of nitrogens with zero attached hydrogens (tertiary/aromatic N) is 7. The number of halogens is 8. The van der Waals surface area contributed by atoms with E-state index in [4.69, 9.17) is 16.6 Å². The number of aromatic nitrogens is 7. The number of alkyl halides is 5. The number of amides is 1. The fourth-order valence-electron chi connectivity index (χ4n) is 8.18. The van der Waals surface area contributed by atoms with Gasteiger partial charge in [0.25, 0.3) is 5.92 Å². The molecule has 4 heterocycles. The molecule has 0 aliphatic heterocycles. The van der Waals surface area contributed by atoms with Gasteiger partial charge >= 0.3 is 6.18 Å². The molecule has 0 saturated heterocycles. The zero-order chi connectivity index (χ0) is 44.6. The van der Waals surface area contributed by atoms with Crippen LogP contribution in [0, 0.1) is 29.4 Å². The first-order valence-corrected chi connectivity index (χ1v) is 21.0. The molecule has 0 unspecified atom stereocenters. The summed E-state index contributed by atoms with van der Waals surface area (Å²) in [5.41, 5.74) is -2.29. The molecular weight excluding hydrogens is 871 g/mol. The zero-order valence-corrected chi connectivity index (χ0v) is 34.1. The van der Waals surface area contributed by atoms with Crippen LogP contribution in [0.4, 0.5) is 36.6 Å². The second-order valence-electron chi connectivity index (χ2n) is 15.2. The Kier molecular flexibility index (Phi) is 10.6. The predicted molar refractivity (Wildman–Crippen MR) is 210 cm³/mol. The van der Waals surface area contributed by atoms with Crippen LogP contribution < -0.4 is 10.0 Å². The van der Waals surface area contributed by atoms with Crippen molar-refractivity contribution >= 4 is 44.3 Å². The van der Waals surface area contributed by atoms with Gasteiger partial charge in [-0.25, -0.2) is 27.2 Å². The maximum Gasteiger partial charge on any atom is 0.435 e. The number of anilines is 1. The molecule has 0 spiro atoms. The quantitative estimate of drug-likeness (QED) is 0.102. The van der Waals surface area contributed by atoms with E-state index in [0.29, 0.717) is 10.7 Å². The van der Waals surface area contributed by atoms with Gasteiger partial charge in [-0.2, -0.15) is 32.1 Å². The second-order valence-corrected chi connectivity index (χ2v) is 17.4. The van der Waals surface area contributed by atoms with Crippen molar-refractivity contribution < 1.29 is 49.1 Å². The minimum Gasteiger partial charge on any atom is -0.374 e. The van der Waals surface area contributed by atoms with Crippen LogP contribution in [-0.4, -0.2) is 59.8 Å². The Morgan fingerprint density at radius 3 is 2.40 bits per heavy atom. The molecule has 62 heavy (non-hydrogen) atoms. The number of benzene rings is 2. The van der Waals surface area contributed by atoms with E-state index in [1.165, 1.54) is 48.5 Å². The van der Waals surface area contributed by atoms with Gasteiger partial charge in [0.05, 0.1) is 45.9 Å². The third-order valence-corrected chi connectivity index (χ3v) is 11.7. The Morgan fingerprint density at radius 1 is 1.06 bits per heavy atom. The fourth-order valence-corrected chi connectivity index (χ4v) is 8.92. The van der Waals surface area contributed by atoms with Crippen molar-refractivity contribution in [1.29, 1.82) is 0 Å². The lowest BCUT2D eigenvalue weighted by molar-refractivity contribution is -0.144. The highest BCUT2D eigenvalue weighted by atomic mass is 35.5. The van der Waals surface area contributed by atoms with E-state index in [-0.39, 0.29) is 68.4 Å². The topological polar surface area (TPSA) is 162 Å². The van der Waals surface area contributed by atoms with Crippen molar-refractivity contribution in [1.82, 2.24) is 39.4 Å². The minimum atomic E-state index is -5.10. The van der Waals surface area contributed by atoms with Crippen LogP contribution in [0.1, 0.15) is 70.5 Å². The number of sulfonamides is 1. The van der Waals surface area contributed by atoms with Gasteiger partial charge in [-0.1, -0.05) is 23.6 Å². The number of hydrogen-bond acceptors (Lipinski definition) is 8. The molecule has 13 nitrogen and oxygen atoms in total. The molecule has 22 heteroatoms. The second kappa shape index (κ2) is 15.4. The number of fused-ring (bicyclic) bond motifs is 4. The van der Waals surface area contributed by atoms with E-state index in [0.717, 1.165) is 18.4 Å². The third-order valence-electron chi connectivity index (χ3n) is 10.8. The van der Waals surface area contributed by atoms with E-state index >= 15 is 8.78 Å². The first-order valence-electron chi connectivity index (χ1n) is 18.7. The van der Waals surface area contributed by atoms with Gasteiger partial charge < -0.3 is 15.0 Å². The summed E-state index contributed by atoms with van der Waals surface area (Å²) in [4.78, 5) is 22.9. The van der Waals surface area contributed by atoms with Gasteiger partial charge in [0.1, 0.15) is 29.6 Å². The number of carbonyl (C=O) groups is 1. The summed E-state index contributed by atoms with van der Waals surface area (Å²) >= 11 is 6.60. The van der Waals surface area contributed by atoms with Crippen LogP contribution in [0.5, 0.6) is 0 Å². The lowest BCUT2D eigenvalue weighted by Crippen LogP contribution is -2.36. The summed E-state index contributed by atoms with van der Waals surface area (Å²) in [6.45, 7) is -1.11. The van der Waals surface area contributed by atoms with Gasteiger partial charge in [0.15, 0.2) is 17.6 Å². The molecule has 6 aromatic rings. The highest BCUT2D eigenvalue weighted by Gasteiger charge is 2.63. The molecule has 3 N–H and O–H groups in total. The van der Waals surface area contributed by atoms with Crippen LogP contribution in [0.3, 0.4) is 0 Å². The number of carbonyl (C=O) groups excluding carboxylic acids is 1. The average Bonchev–Trinajstić information content (AvgIpc) is 3.87. The molecule has 2 aromatic carbocycles. The number of aliphatic hydroxyl groups excluding tert-OH is 1. The molecule has 4 aromatic heterocycles. The highest BCUT2D eigenvalue weighted by molar-refractivity contribution is 7.92. The van der Waals surface area contributed by atoms with Gasteiger partial charge in [0, 0.05) is 49.0 Å². The molecule has 0 bridgehead atoms. The lowest BCUT2D eigenvalue weighted by Gasteiger charge is -2.34.